The third kappa shape index (κ3) is 4.25. The molecule has 0 N–H and O–H groups in total. The molecule has 1 aliphatic heterocycles. The van der Waals surface area contributed by atoms with Crippen molar-refractivity contribution in [1.29, 1.82) is 0 Å². The molecule has 9 nitrogen and oxygen atoms in total. The molecular formula is C21H18FN3O6S. The van der Waals surface area contributed by atoms with E-state index in [0.29, 0.717) is 11.3 Å². The van der Waals surface area contributed by atoms with Crippen LogP contribution in [0.5, 0.6) is 0 Å². The SMILES string of the molecule is O=C(c1ccc(-c2ccc(F)cc2)o1)N1CCN(S(=O)(=O)c2cccc([N+](=O)[O-])c2)CC1. The average Bonchev–Trinajstić information content (AvgIpc) is 3.29. The molecular weight excluding hydrogens is 441 g/mol. The summed E-state index contributed by atoms with van der Waals surface area (Å²) in [6, 6.07) is 13.7. The number of nitrogens with zero attached hydrogens (tertiary/aromatic N) is 3. The minimum absolute atomic E-state index is 0.0439. The van der Waals surface area contributed by atoms with E-state index in [2.05, 4.69) is 0 Å². The molecule has 0 atom stereocenters. The van der Waals surface area contributed by atoms with Gasteiger partial charge in [0.2, 0.25) is 10.0 Å². The molecule has 1 fully saturated rings. The number of halogens is 1. The molecule has 32 heavy (non-hydrogen) atoms. The lowest BCUT2D eigenvalue weighted by molar-refractivity contribution is -0.385. The molecule has 0 spiro atoms. The standard InChI is InChI=1S/C21H18FN3O6S/c22-16-6-4-15(5-7-16)19-8-9-20(31-19)21(26)23-10-12-24(13-11-23)32(29,30)18-3-1-2-17(14-18)25(27)28/h1-9,14H,10-13H2. The van der Waals surface area contributed by atoms with Crippen molar-refractivity contribution < 1.29 is 26.9 Å². The summed E-state index contributed by atoms with van der Waals surface area (Å²) in [6.07, 6.45) is 0. The fraction of sp³-hybridized carbons (Fsp3) is 0.190. The van der Waals surface area contributed by atoms with E-state index >= 15 is 0 Å². The number of carbonyl (C=O) groups excluding carboxylic acids is 1. The molecule has 4 rings (SSSR count). The zero-order valence-electron chi connectivity index (χ0n) is 16.7. The third-order valence-corrected chi connectivity index (χ3v) is 7.03. The maximum atomic E-state index is 13.1. The van der Waals surface area contributed by atoms with Crippen LogP contribution in [-0.4, -0.2) is 54.6 Å². The van der Waals surface area contributed by atoms with E-state index in [1.54, 1.807) is 18.2 Å². The van der Waals surface area contributed by atoms with Crippen LogP contribution in [0.2, 0.25) is 0 Å². The molecule has 3 aromatic rings. The predicted molar refractivity (Wildman–Crippen MR) is 112 cm³/mol. The molecule has 1 saturated heterocycles. The number of nitro benzene ring substituents is 1. The molecule has 166 valence electrons. The second kappa shape index (κ2) is 8.52. The number of piperazine rings is 1. The topological polar surface area (TPSA) is 114 Å². The largest absolute Gasteiger partial charge is 0.451 e. The van der Waals surface area contributed by atoms with Crippen molar-refractivity contribution in [3.8, 4) is 11.3 Å². The fourth-order valence-electron chi connectivity index (χ4n) is 3.42. The summed E-state index contributed by atoms with van der Waals surface area (Å²) in [5.41, 5.74) is 0.313. The van der Waals surface area contributed by atoms with Gasteiger partial charge >= 0.3 is 0 Å². The first-order valence-electron chi connectivity index (χ1n) is 9.65. The maximum Gasteiger partial charge on any atom is 0.289 e. The molecule has 2 heterocycles. The van der Waals surface area contributed by atoms with Crippen LogP contribution in [-0.2, 0) is 10.0 Å². The number of furan rings is 1. The van der Waals surface area contributed by atoms with Crippen LogP contribution in [0.25, 0.3) is 11.3 Å². The van der Waals surface area contributed by atoms with Gasteiger partial charge in [-0.15, -0.1) is 0 Å². The zero-order valence-corrected chi connectivity index (χ0v) is 17.5. The van der Waals surface area contributed by atoms with Gasteiger partial charge in [0.05, 0.1) is 9.82 Å². The van der Waals surface area contributed by atoms with E-state index in [4.69, 9.17) is 4.42 Å². The minimum atomic E-state index is -3.93. The number of hydrogen-bond acceptors (Lipinski definition) is 6. The molecule has 0 unspecified atom stereocenters. The summed E-state index contributed by atoms with van der Waals surface area (Å²) >= 11 is 0. The number of hydrogen-bond donors (Lipinski definition) is 0. The lowest BCUT2D eigenvalue weighted by Gasteiger charge is -2.33. The number of rotatable bonds is 5. The molecule has 11 heteroatoms. The monoisotopic (exact) mass is 459 g/mol. The third-order valence-electron chi connectivity index (χ3n) is 5.14. The van der Waals surface area contributed by atoms with Gasteiger partial charge < -0.3 is 9.32 Å². The Bertz CT molecular complexity index is 1260. The Labute approximate surface area is 182 Å². The summed E-state index contributed by atoms with van der Waals surface area (Å²) in [5.74, 6) is -0.250. The van der Waals surface area contributed by atoms with Gasteiger partial charge in [0, 0.05) is 43.9 Å². The van der Waals surface area contributed by atoms with Crippen molar-refractivity contribution >= 4 is 21.6 Å². The van der Waals surface area contributed by atoms with Crippen molar-refractivity contribution in [2.45, 2.75) is 4.90 Å². The lowest BCUT2D eigenvalue weighted by atomic mass is 10.2. The van der Waals surface area contributed by atoms with Gasteiger partial charge in [-0.05, 0) is 42.5 Å². The maximum absolute atomic E-state index is 13.1. The summed E-state index contributed by atoms with van der Waals surface area (Å²) in [6.45, 7) is 0.365. The van der Waals surface area contributed by atoms with Gasteiger partial charge in [-0.2, -0.15) is 4.31 Å². The Hall–Kier alpha value is -3.57. The van der Waals surface area contributed by atoms with Crippen LogP contribution in [0, 0.1) is 15.9 Å². The van der Waals surface area contributed by atoms with E-state index in [0.717, 1.165) is 6.07 Å². The molecule has 0 bridgehead atoms. The second-order valence-corrected chi connectivity index (χ2v) is 9.06. The van der Waals surface area contributed by atoms with Crippen LogP contribution >= 0.6 is 0 Å². The Balaban J connectivity index is 1.43. The van der Waals surface area contributed by atoms with Gasteiger partial charge in [0.1, 0.15) is 11.6 Å². The Morgan fingerprint density at radius 3 is 2.34 bits per heavy atom. The van der Waals surface area contributed by atoms with Crippen molar-refractivity contribution in [3.63, 3.8) is 0 Å². The van der Waals surface area contributed by atoms with E-state index in [9.17, 15) is 27.7 Å². The molecule has 0 radical (unpaired) electrons. The number of amides is 1. The van der Waals surface area contributed by atoms with E-state index in [-0.39, 0.29) is 54.2 Å². The van der Waals surface area contributed by atoms with Gasteiger partial charge in [0.15, 0.2) is 5.76 Å². The summed E-state index contributed by atoms with van der Waals surface area (Å²) in [5, 5.41) is 10.9. The molecule has 1 amide bonds. The van der Waals surface area contributed by atoms with E-state index < -0.39 is 14.9 Å². The normalized spacial score (nSPS) is 15.0. The first-order valence-corrected chi connectivity index (χ1v) is 11.1. The second-order valence-electron chi connectivity index (χ2n) is 7.12. The van der Waals surface area contributed by atoms with Crippen LogP contribution in [0.15, 0.2) is 70.0 Å². The highest BCUT2D eigenvalue weighted by Crippen LogP contribution is 2.25. The summed E-state index contributed by atoms with van der Waals surface area (Å²) in [4.78, 5) is 24.4. The molecule has 1 aromatic heterocycles. The highest BCUT2D eigenvalue weighted by Gasteiger charge is 2.32. The van der Waals surface area contributed by atoms with Gasteiger partial charge in [0.25, 0.3) is 11.6 Å². The first-order chi connectivity index (χ1) is 15.3. The number of nitro groups is 1. The Kier molecular flexibility index (Phi) is 5.76. The van der Waals surface area contributed by atoms with Gasteiger partial charge in [-0.25, -0.2) is 12.8 Å². The highest BCUT2D eigenvalue weighted by molar-refractivity contribution is 7.89. The van der Waals surface area contributed by atoms with Crippen LogP contribution in [0.3, 0.4) is 0 Å². The minimum Gasteiger partial charge on any atom is -0.451 e. The van der Waals surface area contributed by atoms with Crippen LogP contribution in [0.4, 0.5) is 10.1 Å². The fourth-order valence-corrected chi connectivity index (χ4v) is 4.88. The number of sulfonamides is 1. The van der Waals surface area contributed by atoms with Gasteiger partial charge in [-0.1, -0.05) is 6.07 Å². The predicted octanol–water partition coefficient (Wildman–Crippen LogP) is 3.14. The molecule has 2 aromatic carbocycles. The van der Waals surface area contributed by atoms with Crippen LogP contribution < -0.4 is 0 Å². The average molecular weight is 459 g/mol. The van der Waals surface area contributed by atoms with Crippen molar-refractivity contribution in [2.24, 2.45) is 0 Å². The van der Waals surface area contributed by atoms with E-state index in [1.807, 2.05) is 0 Å². The number of carbonyl (C=O) groups is 1. The van der Waals surface area contributed by atoms with E-state index in [1.165, 1.54) is 45.6 Å². The summed E-state index contributed by atoms with van der Waals surface area (Å²) < 4.78 is 45.6. The van der Waals surface area contributed by atoms with Gasteiger partial charge in [-0.3, -0.25) is 14.9 Å². The lowest BCUT2D eigenvalue weighted by Crippen LogP contribution is -2.50. The molecule has 1 aliphatic rings. The van der Waals surface area contributed by atoms with Crippen molar-refractivity contribution in [1.82, 2.24) is 9.21 Å². The first kappa shape index (κ1) is 21.7. The zero-order chi connectivity index (χ0) is 22.9. The molecule has 0 aliphatic carbocycles. The quantitative estimate of drug-likeness (QED) is 0.428. The summed E-state index contributed by atoms with van der Waals surface area (Å²) in [7, 11) is -3.93. The smallest absolute Gasteiger partial charge is 0.289 e. The van der Waals surface area contributed by atoms with Crippen molar-refractivity contribution in [2.75, 3.05) is 26.2 Å². The van der Waals surface area contributed by atoms with Crippen molar-refractivity contribution in [3.05, 3.63) is 82.4 Å². The number of benzene rings is 2. The Morgan fingerprint density at radius 2 is 1.69 bits per heavy atom. The Morgan fingerprint density at radius 1 is 1.00 bits per heavy atom. The highest BCUT2D eigenvalue weighted by atomic mass is 32.2. The van der Waals surface area contributed by atoms with Crippen LogP contribution in [0.1, 0.15) is 10.6 Å². The molecule has 0 saturated carbocycles. The number of non-ortho nitro benzene ring substituents is 1.